The first-order valence-electron chi connectivity index (χ1n) is 12.3. The number of allylic oxidation sites excluding steroid dienone is 3. The highest BCUT2D eigenvalue weighted by Gasteiger charge is 2.25. The molecule has 2 atom stereocenters. The summed E-state index contributed by atoms with van der Waals surface area (Å²) in [5.41, 5.74) is 10.9. The van der Waals surface area contributed by atoms with E-state index in [4.69, 9.17) is 0 Å². The molecule has 1 aliphatic rings. The Morgan fingerprint density at radius 2 is 1.42 bits per heavy atom. The van der Waals surface area contributed by atoms with Crippen LogP contribution in [-0.2, 0) is 6.42 Å². The predicted octanol–water partition coefficient (Wildman–Crippen LogP) is 8.14. The number of benzene rings is 3. The maximum atomic E-state index is 4.49. The van der Waals surface area contributed by atoms with Crippen molar-refractivity contribution < 1.29 is 0 Å². The largest absolute Gasteiger partial charge is 0.386 e. The van der Waals surface area contributed by atoms with Crippen molar-refractivity contribution in [3.63, 3.8) is 0 Å². The van der Waals surface area contributed by atoms with Crippen LogP contribution in [0, 0.1) is 19.8 Å². The lowest BCUT2D eigenvalue weighted by molar-refractivity contribution is 0.478. The van der Waals surface area contributed by atoms with Crippen LogP contribution in [0.1, 0.15) is 60.4 Å². The van der Waals surface area contributed by atoms with Crippen LogP contribution < -0.4 is 5.32 Å². The van der Waals surface area contributed by atoms with Crippen molar-refractivity contribution >= 4 is 11.1 Å². The fraction of sp³-hybridized carbons (Fsp3) is 0.312. The molecule has 2 unspecified atom stereocenters. The summed E-state index contributed by atoms with van der Waals surface area (Å²) in [6.07, 6.45) is 5.50. The highest BCUT2D eigenvalue weighted by atomic mass is 14.9. The molecular formula is C32H37N. The van der Waals surface area contributed by atoms with Gasteiger partial charge in [-0.25, -0.2) is 0 Å². The monoisotopic (exact) mass is 435 g/mol. The second-order valence-corrected chi connectivity index (χ2v) is 9.72. The minimum Gasteiger partial charge on any atom is -0.386 e. The Bertz CT molecular complexity index is 1090. The van der Waals surface area contributed by atoms with Crippen molar-refractivity contribution in [1.29, 1.82) is 0 Å². The fourth-order valence-corrected chi connectivity index (χ4v) is 4.89. The Labute approximate surface area is 200 Å². The lowest BCUT2D eigenvalue weighted by atomic mass is 9.77. The third-order valence-corrected chi connectivity index (χ3v) is 6.99. The highest BCUT2D eigenvalue weighted by molar-refractivity contribution is 5.92. The third-order valence-electron chi connectivity index (χ3n) is 6.99. The molecule has 1 heteroatoms. The molecule has 1 aliphatic carbocycles. The molecule has 3 aromatic rings. The van der Waals surface area contributed by atoms with Gasteiger partial charge in [-0.15, -0.1) is 0 Å². The first-order valence-corrected chi connectivity index (χ1v) is 12.3. The molecule has 1 nitrogen and oxygen atoms in total. The van der Waals surface area contributed by atoms with Crippen molar-refractivity contribution in [1.82, 2.24) is 5.32 Å². The van der Waals surface area contributed by atoms with Crippen molar-refractivity contribution in [3.05, 3.63) is 119 Å². The molecule has 0 spiro atoms. The van der Waals surface area contributed by atoms with E-state index in [1.807, 2.05) is 0 Å². The van der Waals surface area contributed by atoms with E-state index in [2.05, 4.69) is 112 Å². The summed E-state index contributed by atoms with van der Waals surface area (Å²) in [5, 5.41) is 3.75. The SMILES string of the molecule is C=C(NC(C)CCc1ccccc1)C1CCC(c2ccc(C)cc2)=C(c2ccc(C)cc2)C1. The number of nitrogens with one attached hydrogen (secondary N) is 1. The van der Waals surface area contributed by atoms with Gasteiger partial charge in [-0.2, -0.15) is 0 Å². The topological polar surface area (TPSA) is 12.0 Å². The van der Waals surface area contributed by atoms with Crippen LogP contribution in [0.2, 0.25) is 0 Å². The highest BCUT2D eigenvalue weighted by Crippen LogP contribution is 2.42. The van der Waals surface area contributed by atoms with Crippen LogP contribution in [0.25, 0.3) is 11.1 Å². The average Bonchev–Trinajstić information content (AvgIpc) is 2.84. The van der Waals surface area contributed by atoms with Gasteiger partial charge >= 0.3 is 0 Å². The maximum absolute atomic E-state index is 4.49. The van der Waals surface area contributed by atoms with Crippen LogP contribution in [0.3, 0.4) is 0 Å². The Morgan fingerprint density at radius 3 is 2.03 bits per heavy atom. The Kier molecular flexibility index (Phi) is 7.50. The Balaban J connectivity index is 1.49. The maximum Gasteiger partial charge on any atom is 0.0233 e. The van der Waals surface area contributed by atoms with Crippen molar-refractivity contribution in [2.45, 2.75) is 58.9 Å². The van der Waals surface area contributed by atoms with Gasteiger partial charge in [0.25, 0.3) is 0 Å². The minimum atomic E-state index is 0.419. The van der Waals surface area contributed by atoms with Crippen LogP contribution in [0.15, 0.2) is 91.1 Å². The number of hydrogen-bond acceptors (Lipinski definition) is 1. The van der Waals surface area contributed by atoms with E-state index in [1.54, 1.807) is 0 Å². The molecule has 0 saturated carbocycles. The zero-order valence-electron chi connectivity index (χ0n) is 20.4. The van der Waals surface area contributed by atoms with Gasteiger partial charge < -0.3 is 5.32 Å². The summed E-state index contributed by atoms with van der Waals surface area (Å²) in [4.78, 5) is 0. The van der Waals surface area contributed by atoms with Crippen LogP contribution >= 0.6 is 0 Å². The number of aryl methyl sites for hydroxylation is 3. The first kappa shape index (κ1) is 23.1. The molecule has 0 radical (unpaired) electrons. The molecule has 1 N–H and O–H groups in total. The van der Waals surface area contributed by atoms with Crippen LogP contribution in [0.4, 0.5) is 0 Å². The second-order valence-electron chi connectivity index (χ2n) is 9.72. The fourth-order valence-electron chi connectivity index (χ4n) is 4.89. The van der Waals surface area contributed by atoms with Crippen molar-refractivity contribution in [3.8, 4) is 0 Å². The van der Waals surface area contributed by atoms with Crippen molar-refractivity contribution in [2.75, 3.05) is 0 Å². The van der Waals surface area contributed by atoms with Gasteiger partial charge in [-0.05, 0) is 80.7 Å². The van der Waals surface area contributed by atoms with E-state index in [-0.39, 0.29) is 0 Å². The lowest BCUT2D eigenvalue weighted by Gasteiger charge is -2.31. The molecule has 4 rings (SSSR count). The van der Waals surface area contributed by atoms with Gasteiger partial charge in [0.1, 0.15) is 0 Å². The summed E-state index contributed by atoms with van der Waals surface area (Å²) in [6.45, 7) is 11.1. The van der Waals surface area contributed by atoms with Crippen molar-refractivity contribution in [2.24, 2.45) is 5.92 Å². The molecule has 0 fully saturated rings. The molecule has 0 heterocycles. The van der Waals surface area contributed by atoms with E-state index in [0.29, 0.717) is 12.0 Å². The molecule has 0 amide bonds. The zero-order valence-corrected chi connectivity index (χ0v) is 20.4. The molecular weight excluding hydrogens is 398 g/mol. The van der Waals surface area contributed by atoms with Gasteiger partial charge in [-0.3, -0.25) is 0 Å². The van der Waals surface area contributed by atoms with E-state index < -0.39 is 0 Å². The summed E-state index contributed by atoms with van der Waals surface area (Å²) in [7, 11) is 0. The van der Waals surface area contributed by atoms with Crippen LogP contribution in [0.5, 0.6) is 0 Å². The van der Waals surface area contributed by atoms with E-state index >= 15 is 0 Å². The zero-order chi connectivity index (χ0) is 23.2. The number of hydrogen-bond donors (Lipinski definition) is 1. The molecule has 0 aliphatic heterocycles. The normalized spacial score (nSPS) is 17.0. The van der Waals surface area contributed by atoms with E-state index in [9.17, 15) is 0 Å². The van der Waals surface area contributed by atoms with E-state index in [1.165, 1.54) is 44.7 Å². The summed E-state index contributed by atoms with van der Waals surface area (Å²) in [5.74, 6) is 0.467. The molecule has 0 bridgehead atoms. The van der Waals surface area contributed by atoms with E-state index in [0.717, 1.165) is 32.1 Å². The molecule has 3 aromatic carbocycles. The Morgan fingerprint density at radius 1 is 0.848 bits per heavy atom. The van der Waals surface area contributed by atoms with Gasteiger partial charge in [-0.1, -0.05) is 96.6 Å². The predicted molar refractivity (Wildman–Crippen MR) is 143 cm³/mol. The minimum absolute atomic E-state index is 0.419. The molecule has 33 heavy (non-hydrogen) atoms. The summed E-state index contributed by atoms with van der Waals surface area (Å²) < 4.78 is 0. The smallest absolute Gasteiger partial charge is 0.0233 e. The summed E-state index contributed by atoms with van der Waals surface area (Å²) >= 11 is 0. The third kappa shape index (κ3) is 6.05. The van der Waals surface area contributed by atoms with Gasteiger partial charge in [0.2, 0.25) is 0 Å². The number of rotatable bonds is 8. The van der Waals surface area contributed by atoms with Gasteiger partial charge in [0, 0.05) is 17.7 Å². The molecule has 0 saturated heterocycles. The standard InChI is InChI=1S/C32H37N/c1-23-10-16-28(17-11-23)31-21-20-30(22-32(31)29-18-12-24(2)13-19-29)26(4)33-25(3)14-15-27-8-6-5-7-9-27/h5-13,16-19,25,30,33H,4,14-15,20-22H2,1-3H3. The Hall–Kier alpha value is -3.06. The van der Waals surface area contributed by atoms with Gasteiger partial charge in [0.15, 0.2) is 0 Å². The molecule has 0 aromatic heterocycles. The average molecular weight is 436 g/mol. The van der Waals surface area contributed by atoms with Crippen LogP contribution in [-0.4, -0.2) is 6.04 Å². The first-order chi connectivity index (χ1) is 16.0. The molecule has 170 valence electrons. The quantitative estimate of drug-likeness (QED) is 0.376. The van der Waals surface area contributed by atoms with Gasteiger partial charge in [0.05, 0.1) is 0 Å². The summed E-state index contributed by atoms with van der Waals surface area (Å²) in [6, 6.07) is 29.3. The lowest BCUT2D eigenvalue weighted by Crippen LogP contribution is -2.30. The second kappa shape index (κ2) is 10.7.